The molecule has 0 saturated carbocycles. The number of carbonyl (C=O) groups is 2. The summed E-state index contributed by atoms with van der Waals surface area (Å²) in [6.45, 7) is 2.45. The Hall–Kier alpha value is -4.71. The molecule has 1 aliphatic heterocycles. The highest BCUT2D eigenvalue weighted by Gasteiger charge is 2.48. The summed E-state index contributed by atoms with van der Waals surface area (Å²) in [6.07, 6.45) is 0. The minimum atomic E-state index is -1.10. The Balaban J connectivity index is 1.39. The van der Waals surface area contributed by atoms with Crippen molar-refractivity contribution in [3.8, 4) is 11.5 Å². The van der Waals surface area contributed by atoms with Gasteiger partial charge in [0.05, 0.1) is 18.2 Å². The second-order valence-electron chi connectivity index (χ2n) is 10.3. The molecule has 8 nitrogen and oxygen atoms in total. The molecule has 0 spiro atoms. The summed E-state index contributed by atoms with van der Waals surface area (Å²) in [4.78, 5) is 28.6. The molecule has 6 rings (SSSR count). The molecule has 1 saturated heterocycles. The van der Waals surface area contributed by atoms with E-state index in [4.69, 9.17) is 21.1 Å². The summed E-state index contributed by atoms with van der Waals surface area (Å²) < 4.78 is 26.3. The van der Waals surface area contributed by atoms with Crippen LogP contribution in [0.2, 0.25) is 5.02 Å². The fourth-order valence-corrected chi connectivity index (χ4v) is 7.19. The van der Waals surface area contributed by atoms with Gasteiger partial charge in [0.25, 0.3) is 5.78 Å². The summed E-state index contributed by atoms with van der Waals surface area (Å²) in [6, 6.07) is 26.1. The number of ketones is 1. The maximum Gasteiger partial charge on any atom is 0.301 e. The molecule has 1 N–H and O–H groups in total. The highest BCUT2D eigenvalue weighted by atomic mass is 35.5. The second kappa shape index (κ2) is 14.4. The molecule has 1 unspecified atom stereocenters. The second-order valence-corrected chi connectivity index (χ2v) is 12.9. The predicted molar refractivity (Wildman–Crippen MR) is 180 cm³/mol. The third-order valence-electron chi connectivity index (χ3n) is 7.29. The van der Waals surface area contributed by atoms with E-state index in [2.05, 4.69) is 10.2 Å². The first-order valence-corrected chi connectivity index (χ1v) is 16.7. The van der Waals surface area contributed by atoms with E-state index in [1.165, 1.54) is 40.9 Å². The Bertz CT molecular complexity index is 1950. The van der Waals surface area contributed by atoms with Gasteiger partial charge in [0.2, 0.25) is 5.13 Å². The van der Waals surface area contributed by atoms with Crippen molar-refractivity contribution in [2.24, 2.45) is 0 Å². The molecule has 0 radical (unpaired) electrons. The zero-order valence-corrected chi connectivity index (χ0v) is 27.3. The van der Waals surface area contributed by atoms with E-state index >= 15 is 0 Å². The SMILES string of the molecule is CCOc1cc(C2C(=C(O)c3ccc(F)cc3)C(=O)C(=O)N2c2nnc(SCc3ccccc3Cl)s2)ccc1OCc1ccccc1. The first-order valence-electron chi connectivity index (χ1n) is 14.5. The van der Waals surface area contributed by atoms with Crippen molar-refractivity contribution in [1.29, 1.82) is 0 Å². The molecule has 1 aliphatic rings. The van der Waals surface area contributed by atoms with Crippen LogP contribution in [0.3, 0.4) is 0 Å². The van der Waals surface area contributed by atoms with Crippen molar-refractivity contribution in [3.63, 3.8) is 0 Å². The minimum Gasteiger partial charge on any atom is -0.507 e. The van der Waals surface area contributed by atoms with Crippen LogP contribution in [0.4, 0.5) is 9.52 Å². The average Bonchev–Trinajstić information content (AvgIpc) is 3.66. The van der Waals surface area contributed by atoms with Crippen molar-refractivity contribution in [2.75, 3.05) is 11.5 Å². The molecule has 238 valence electrons. The van der Waals surface area contributed by atoms with Crippen LogP contribution in [0.25, 0.3) is 5.76 Å². The van der Waals surface area contributed by atoms with E-state index in [1.807, 2.05) is 55.5 Å². The number of aromatic nitrogens is 2. The number of ether oxygens (including phenoxy) is 2. The van der Waals surface area contributed by atoms with Gasteiger partial charge < -0.3 is 14.6 Å². The molecular weight excluding hydrogens is 661 g/mol. The first-order chi connectivity index (χ1) is 22.8. The number of Topliss-reactive ketones (excluding diaryl/α,β-unsaturated/α-hetero) is 1. The molecule has 1 atom stereocenters. The van der Waals surface area contributed by atoms with Gasteiger partial charge in [0, 0.05) is 16.3 Å². The van der Waals surface area contributed by atoms with Crippen molar-refractivity contribution < 1.29 is 28.6 Å². The standard InChI is InChI=1S/C35H27ClFN3O5S2/c1-2-44-28-18-23(14-17-27(28)45-19-21-8-4-3-5-9-21)30-29(31(41)22-12-15-25(37)16-13-22)32(42)33(43)40(30)34-38-39-35(47-34)46-20-24-10-6-7-11-26(24)36/h3-18,30,41H,2,19-20H2,1H3. The molecule has 4 aromatic carbocycles. The lowest BCUT2D eigenvalue weighted by atomic mass is 9.95. The summed E-state index contributed by atoms with van der Waals surface area (Å²) >= 11 is 8.84. The van der Waals surface area contributed by atoms with Gasteiger partial charge in [-0.2, -0.15) is 0 Å². The summed E-state index contributed by atoms with van der Waals surface area (Å²) in [5.74, 6) is -1.40. The normalized spacial score (nSPS) is 15.6. The van der Waals surface area contributed by atoms with Gasteiger partial charge >= 0.3 is 5.91 Å². The number of carbonyl (C=O) groups excluding carboxylic acids is 2. The highest BCUT2D eigenvalue weighted by molar-refractivity contribution is 8.00. The van der Waals surface area contributed by atoms with Gasteiger partial charge in [0.1, 0.15) is 18.2 Å². The summed E-state index contributed by atoms with van der Waals surface area (Å²) in [5.41, 5.74) is 2.33. The lowest BCUT2D eigenvalue weighted by molar-refractivity contribution is -0.132. The molecule has 1 fully saturated rings. The molecule has 1 aromatic heterocycles. The number of nitrogens with zero attached hydrogens (tertiary/aromatic N) is 3. The molecule has 2 heterocycles. The van der Waals surface area contributed by atoms with E-state index in [0.717, 1.165) is 22.5 Å². The van der Waals surface area contributed by atoms with E-state index in [1.54, 1.807) is 24.3 Å². The lowest BCUT2D eigenvalue weighted by Gasteiger charge is -2.23. The number of hydrogen-bond acceptors (Lipinski definition) is 9. The molecular formula is C35H27ClFN3O5S2. The number of thioether (sulfide) groups is 1. The number of hydrogen-bond donors (Lipinski definition) is 1. The Labute approximate surface area is 283 Å². The van der Waals surface area contributed by atoms with Crippen LogP contribution in [-0.2, 0) is 21.9 Å². The monoisotopic (exact) mass is 687 g/mol. The number of halogens is 2. The largest absolute Gasteiger partial charge is 0.507 e. The van der Waals surface area contributed by atoms with Crippen LogP contribution >= 0.6 is 34.7 Å². The van der Waals surface area contributed by atoms with Gasteiger partial charge in [-0.1, -0.05) is 89.3 Å². The minimum absolute atomic E-state index is 0.166. The molecule has 0 aliphatic carbocycles. The average molecular weight is 688 g/mol. The van der Waals surface area contributed by atoms with E-state index < -0.39 is 29.3 Å². The number of amides is 1. The van der Waals surface area contributed by atoms with Crippen LogP contribution in [0.1, 0.15) is 35.2 Å². The predicted octanol–water partition coefficient (Wildman–Crippen LogP) is 8.23. The topological polar surface area (TPSA) is 102 Å². The van der Waals surface area contributed by atoms with Gasteiger partial charge in [-0.25, -0.2) is 4.39 Å². The van der Waals surface area contributed by atoms with E-state index in [9.17, 15) is 19.1 Å². The van der Waals surface area contributed by atoms with Crippen LogP contribution in [0, 0.1) is 5.82 Å². The Morgan fingerprint density at radius 2 is 1.70 bits per heavy atom. The first kappa shape index (κ1) is 32.2. The quantitative estimate of drug-likeness (QED) is 0.0487. The molecule has 1 amide bonds. The lowest BCUT2D eigenvalue weighted by Crippen LogP contribution is -2.29. The van der Waals surface area contributed by atoms with Crippen LogP contribution in [-0.4, -0.2) is 33.6 Å². The van der Waals surface area contributed by atoms with Gasteiger partial charge in [-0.15, -0.1) is 10.2 Å². The number of rotatable bonds is 11. The van der Waals surface area contributed by atoms with Crippen molar-refractivity contribution in [2.45, 2.75) is 29.7 Å². The molecule has 12 heteroatoms. The molecule has 47 heavy (non-hydrogen) atoms. The zero-order chi connectivity index (χ0) is 32.9. The van der Waals surface area contributed by atoms with Crippen molar-refractivity contribution in [1.82, 2.24) is 10.2 Å². The smallest absolute Gasteiger partial charge is 0.301 e. The third kappa shape index (κ3) is 7.02. The zero-order valence-electron chi connectivity index (χ0n) is 24.9. The van der Waals surface area contributed by atoms with Crippen LogP contribution in [0.15, 0.2) is 107 Å². The highest BCUT2D eigenvalue weighted by Crippen LogP contribution is 2.46. The van der Waals surface area contributed by atoms with Gasteiger partial charge in [0.15, 0.2) is 15.8 Å². The summed E-state index contributed by atoms with van der Waals surface area (Å²) in [7, 11) is 0. The number of aliphatic hydroxyl groups is 1. The maximum atomic E-state index is 13.7. The van der Waals surface area contributed by atoms with Crippen LogP contribution < -0.4 is 14.4 Å². The fourth-order valence-electron chi connectivity index (χ4n) is 5.04. The van der Waals surface area contributed by atoms with Crippen LogP contribution in [0.5, 0.6) is 11.5 Å². The van der Waals surface area contributed by atoms with Crippen molar-refractivity contribution >= 4 is 57.3 Å². The Kier molecular flexibility index (Phi) is 9.86. The number of benzene rings is 4. The Morgan fingerprint density at radius 1 is 0.957 bits per heavy atom. The van der Waals surface area contributed by atoms with E-state index in [-0.39, 0.29) is 16.3 Å². The third-order valence-corrected chi connectivity index (χ3v) is 9.77. The molecule has 5 aromatic rings. The molecule has 0 bridgehead atoms. The Morgan fingerprint density at radius 3 is 2.45 bits per heavy atom. The maximum absolute atomic E-state index is 13.7. The van der Waals surface area contributed by atoms with Gasteiger partial charge in [-0.05, 0) is 66.1 Å². The van der Waals surface area contributed by atoms with Gasteiger partial charge in [-0.3, -0.25) is 14.5 Å². The number of anilines is 1. The van der Waals surface area contributed by atoms with Crippen molar-refractivity contribution in [3.05, 3.63) is 136 Å². The summed E-state index contributed by atoms with van der Waals surface area (Å²) in [5, 5.41) is 20.7. The number of aliphatic hydroxyl groups excluding tert-OH is 1. The fraction of sp³-hybridized carbons (Fsp3) is 0.143. The van der Waals surface area contributed by atoms with E-state index in [0.29, 0.717) is 45.4 Å².